The lowest BCUT2D eigenvalue weighted by molar-refractivity contribution is 0.715. The average Bonchev–Trinajstić information content (AvgIpc) is 3.39. The van der Waals surface area contributed by atoms with Gasteiger partial charge in [0.25, 0.3) is 0 Å². The normalized spacial score (nSPS) is 14.3. The molecule has 6 rings (SSSR count). The number of nitrogens with one attached hydrogen (secondary N) is 1. The fourth-order valence-corrected chi connectivity index (χ4v) is 5.32. The van der Waals surface area contributed by atoms with Crippen LogP contribution in [-0.2, 0) is 0 Å². The second kappa shape index (κ2) is 8.13. The number of hydrogen-bond acceptors (Lipinski definition) is 3. The van der Waals surface area contributed by atoms with E-state index in [1.54, 1.807) is 6.20 Å². The van der Waals surface area contributed by atoms with Crippen LogP contribution in [0.4, 0.5) is 0 Å². The Labute approximate surface area is 196 Å². The zero-order valence-electron chi connectivity index (χ0n) is 18.0. The molecule has 5 heteroatoms. The zero-order chi connectivity index (χ0) is 22.4. The molecule has 4 nitrogen and oxygen atoms in total. The monoisotopic (exact) mass is 451 g/mol. The predicted octanol–water partition coefficient (Wildman–Crippen LogP) is 7.12. The van der Waals surface area contributed by atoms with Crippen LogP contribution < -0.4 is 5.43 Å². The first-order chi connectivity index (χ1) is 16.2. The molecule has 1 saturated carbocycles. The van der Waals surface area contributed by atoms with Gasteiger partial charge in [-0.1, -0.05) is 60.8 Å². The summed E-state index contributed by atoms with van der Waals surface area (Å²) in [6.45, 7) is 0. The number of H-pyrrole nitrogens is 1. The van der Waals surface area contributed by atoms with Crippen molar-refractivity contribution in [3.05, 3.63) is 93.9 Å². The van der Waals surface area contributed by atoms with Gasteiger partial charge >= 0.3 is 0 Å². The Morgan fingerprint density at radius 1 is 0.939 bits per heavy atom. The Kier molecular flexibility index (Phi) is 4.96. The quantitative estimate of drug-likeness (QED) is 0.317. The number of halogens is 1. The maximum atomic E-state index is 13.5. The van der Waals surface area contributed by atoms with Crippen molar-refractivity contribution in [3.63, 3.8) is 0 Å². The maximum Gasteiger partial charge on any atom is 0.194 e. The highest BCUT2D eigenvalue weighted by atomic mass is 35.5. The molecule has 0 saturated heterocycles. The number of aromatic nitrogens is 3. The Morgan fingerprint density at radius 3 is 2.58 bits per heavy atom. The Morgan fingerprint density at radius 2 is 1.76 bits per heavy atom. The molecule has 33 heavy (non-hydrogen) atoms. The molecule has 0 bridgehead atoms. The van der Waals surface area contributed by atoms with Crippen molar-refractivity contribution in [2.24, 2.45) is 0 Å². The van der Waals surface area contributed by atoms with E-state index in [2.05, 4.69) is 16.0 Å². The summed E-state index contributed by atoms with van der Waals surface area (Å²) in [5.41, 5.74) is 5.93. The minimum absolute atomic E-state index is 0.0811. The SMILES string of the molecule is O=c1c(C2CCCC2)c[nH]c2nc(-c3ccccc3)c(-c3cc(Cl)c4ncccc4c3)cc12. The van der Waals surface area contributed by atoms with E-state index in [-0.39, 0.29) is 5.43 Å². The third kappa shape index (κ3) is 3.51. The smallest absolute Gasteiger partial charge is 0.194 e. The van der Waals surface area contributed by atoms with Crippen molar-refractivity contribution >= 4 is 33.5 Å². The van der Waals surface area contributed by atoms with E-state index in [1.165, 1.54) is 12.8 Å². The van der Waals surface area contributed by atoms with Crippen LogP contribution in [-0.4, -0.2) is 15.0 Å². The molecule has 0 amide bonds. The lowest BCUT2D eigenvalue weighted by Crippen LogP contribution is -2.14. The summed E-state index contributed by atoms with van der Waals surface area (Å²) in [7, 11) is 0. The lowest BCUT2D eigenvalue weighted by atomic mass is 9.94. The van der Waals surface area contributed by atoms with Crippen molar-refractivity contribution in [2.75, 3.05) is 0 Å². The third-order valence-electron chi connectivity index (χ3n) is 6.71. The van der Waals surface area contributed by atoms with Crippen LogP contribution in [0.5, 0.6) is 0 Å². The van der Waals surface area contributed by atoms with E-state index >= 15 is 0 Å². The van der Waals surface area contributed by atoms with E-state index < -0.39 is 0 Å². The number of nitrogens with zero attached hydrogens (tertiary/aromatic N) is 2. The van der Waals surface area contributed by atoms with E-state index in [1.807, 2.05) is 60.8 Å². The summed E-state index contributed by atoms with van der Waals surface area (Å²) in [6, 6.07) is 19.9. The minimum Gasteiger partial charge on any atom is -0.346 e. The first kappa shape index (κ1) is 20.1. The fourth-order valence-electron chi connectivity index (χ4n) is 5.04. The first-order valence-corrected chi connectivity index (χ1v) is 11.7. The van der Waals surface area contributed by atoms with Gasteiger partial charge in [-0.3, -0.25) is 9.78 Å². The second-order valence-electron chi connectivity index (χ2n) is 8.73. The van der Waals surface area contributed by atoms with E-state index in [0.717, 1.165) is 51.7 Å². The number of hydrogen-bond donors (Lipinski definition) is 1. The molecule has 0 aliphatic heterocycles. The molecule has 1 aliphatic rings. The van der Waals surface area contributed by atoms with Gasteiger partial charge in [0.1, 0.15) is 5.65 Å². The molecule has 0 atom stereocenters. The van der Waals surface area contributed by atoms with Crippen LogP contribution in [0.3, 0.4) is 0 Å². The van der Waals surface area contributed by atoms with Crippen LogP contribution in [0, 0.1) is 0 Å². The van der Waals surface area contributed by atoms with Crippen molar-refractivity contribution in [2.45, 2.75) is 31.6 Å². The molecule has 2 aromatic carbocycles. The molecule has 162 valence electrons. The zero-order valence-corrected chi connectivity index (χ0v) is 18.8. The average molecular weight is 452 g/mol. The highest BCUT2D eigenvalue weighted by Gasteiger charge is 2.22. The predicted molar refractivity (Wildman–Crippen MR) is 135 cm³/mol. The molecular weight excluding hydrogens is 430 g/mol. The van der Waals surface area contributed by atoms with Gasteiger partial charge in [0, 0.05) is 34.5 Å². The van der Waals surface area contributed by atoms with Crippen molar-refractivity contribution in [1.29, 1.82) is 0 Å². The number of benzene rings is 2. The van der Waals surface area contributed by atoms with Gasteiger partial charge in [-0.05, 0) is 48.6 Å². The molecule has 3 aromatic heterocycles. The van der Waals surface area contributed by atoms with Gasteiger partial charge in [-0.25, -0.2) is 4.98 Å². The standard InChI is InChI=1S/C28H22ClN3O/c29-24-14-20(13-19-11-6-12-30-26(19)24)21-15-22-27(33)23(17-7-4-5-8-17)16-31-28(22)32-25(21)18-9-2-1-3-10-18/h1-3,6,9-17H,4-5,7-8H2,(H,31,32,33). The van der Waals surface area contributed by atoms with Crippen LogP contribution >= 0.6 is 11.6 Å². The minimum atomic E-state index is 0.0811. The van der Waals surface area contributed by atoms with Crippen molar-refractivity contribution in [3.8, 4) is 22.4 Å². The molecule has 1 N–H and O–H groups in total. The third-order valence-corrected chi connectivity index (χ3v) is 6.99. The first-order valence-electron chi connectivity index (χ1n) is 11.4. The van der Waals surface area contributed by atoms with Gasteiger partial charge in [0.15, 0.2) is 5.43 Å². The van der Waals surface area contributed by atoms with E-state index in [9.17, 15) is 4.79 Å². The van der Waals surface area contributed by atoms with E-state index in [0.29, 0.717) is 22.0 Å². The number of aromatic amines is 1. The molecular formula is C28H22ClN3O. The van der Waals surface area contributed by atoms with Gasteiger partial charge in [-0.15, -0.1) is 0 Å². The maximum absolute atomic E-state index is 13.5. The summed E-state index contributed by atoms with van der Waals surface area (Å²) in [6.07, 6.45) is 8.13. The second-order valence-corrected chi connectivity index (χ2v) is 9.14. The Hall–Kier alpha value is -3.50. The molecule has 0 radical (unpaired) electrons. The van der Waals surface area contributed by atoms with Crippen LogP contribution in [0.2, 0.25) is 5.02 Å². The molecule has 3 heterocycles. The van der Waals surface area contributed by atoms with Crippen LogP contribution in [0.15, 0.2) is 77.9 Å². The number of rotatable bonds is 3. The summed E-state index contributed by atoms with van der Waals surface area (Å²) in [5.74, 6) is 0.330. The lowest BCUT2D eigenvalue weighted by Gasteiger charge is -2.14. The summed E-state index contributed by atoms with van der Waals surface area (Å²) in [5, 5.41) is 2.15. The van der Waals surface area contributed by atoms with E-state index in [4.69, 9.17) is 16.6 Å². The topological polar surface area (TPSA) is 58.6 Å². The van der Waals surface area contributed by atoms with Crippen LogP contribution in [0.25, 0.3) is 44.3 Å². The highest BCUT2D eigenvalue weighted by Crippen LogP contribution is 2.37. The summed E-state index contributed by atoms with van der Waals surface area (Å²) in [4.78, 5) is 26.2. The molecule has 5 aromatic rings. The van der Waals surface area contributed by atoms with Crippen molar-refractivity contribution in [1.82, 2.24) is 15.0 Å². The van der Waals surface area contributed by atoms with Crippen LogP contribution in [0.1, 0.15) is 37.2 Å². The highest BCUT2D eigenvalue weighted by molar-refractivity contribution is 6.35. The van der Waals surface area contributed by atoms with Gasteiger partial charge in [0.2, 0.25) is 0 Å². The Bertz CT molecular complexity index is 1550. The van der Waals surface area contributed by atoms with Gasteiger partial charge < -0.3 is 4.98 Å². The molecule has 1 fully saturated rings. The largest absolute Gasteiger partial charge is 0.346 e. The molecule has 0 spiro atoms. The number of fused-ring (bicyclic) bond motifs is 2. The van der Waals surface area contributed by atoms with Crippen molar-refractivity contribution < 1.29 is 0 Å². The molecule has 1 aliphatic carbocycles. The van der Waals surface area contributed by atoms with Gasteiger partial charge in [-0.2, -0.15) is 0 Å². The molecule has 0 unspecified atom stereocenters. The number of pyridine rings is 3. The summed E-state index contributed by atoms with van der Waals surface area (Å²) < 4.78 is 0. The summed E-state index contributed by atoms with van der Waals surface area (Å²) >= 11 is 6.62. The Balaban J connectivity index is 1.64. The fraction of sp³-hybridized carbons (Fsp3) is 0.179. The van der Waals surface area contributed by atoms with Gasteiger partial charge in [0.05, 0.1) is 21.6 Å².